The van der Waals surface area contributed by atoms with E-state index >= 15 is 0 Å². The van der Waals surface area contributed by atoms with Crippen LogP contribution < -0.4 is 5.48 Å². The second-order valence-electron chi connectivity index (χ2n) is 3.06. The Kier molecular flexibility index (Phi) is 13.3. The molecule has 0 aliphatic carbocycles. The van der Waals surface area contributed by atoms with E-state index in [1.165, 1.54) is 12.8 Å². The smallest absolute Gasteiger partial charge is 0.0916 e. The van der Waals surface area contributed by atoms with Crippen molar-refractivity contribution in [1.29, 1.82) is 0 Å². The Morgan fingerprint density at radius 3 is 2.50 bits per heavy atom. The minimum Gasteiger partial charge on any atom is -0.379 e. The summed E-state index contributed by atoms with van der Waals surface area (Å²) >= 11 is 5.56. The van der Waals surface area contributed by atoms with E-state index in [2.05, 4.69) is 5.48 Å². The predicted molar refractivity (Wildman–Crippen MR) is 59.6 cm³/mol. The molecular weight excluding hydrogens is 202 g/mol. The van der Waals surface area contributed by atoms with E-state index in [9.17, 15) is 0 Å². The Hall–Kier alpha value is 0.170. The van der Waals surface area contributed by atoms with E-state index in [1.54, 1.807) is 0 Å². The van der Waals surface area contributed by atoms with E-state index in [1.807, 2.05) is 6.92 Å². The maximum atomic E-state index is 5.56. The van der Waals surface area contributed by atoms with E-state index in [0.29, 0.717) is 13.2 Å². The van der Waals surface area contributed by atoms with Gasteiger partial charge in [-0.05, 0) is 12.8 Å². The third-order valence-electron chi connectivity index (χ3n) is 1.75. The summed E-state index contributed by atoms with van der Waals surface area (Å²) in [4.78, 5) is 5.04. The monoisotopic (exact) mass is 223 g/mol. The number of alkyl halides is 1. The van der Waals surface area contributed by atoms with Crippen LogP contribution in [0.2, 0.25) is 0 Å². The van der Waals surface area contributed by atoms with Crippen molar-refractivity contribution in [2.45, 2.75) is 32.6 Å². The maximum absolute atomic E-state index is 5.56. The number of unbranched alkanes of at least 4 members (excludes halogenated alkanes) is 3. The third kappa shape index (κ3) is 12.2. The Morgan fingerprint density at radius 2 is 1.79 bits per heavy atom. The molecule has 0 saturated heterocycles. The highest BCUT2D eigenvalue weighted by Crippen LogP contribution is 2.00. The minimum atomic E-state index is 0.621. The first-order chi connectivity index (χ1) is 6.91. The van der Waals surface area contributed by atoms with Gasteiger partial charge in [0.15, 0.2) is 0 Å². The largest absolute Gasteiger partial charge is 0.379 e. The van der Waals surface area contributed by atoms with E-state index in [-0.39, 0.29) is 0 Å². The van der Waals surface area contributed by atoms with Gasteiger partial charge in [-0.3, -0.25) is 4.84 Å². The van der Waals surface area contributed by atoms with Crippen molar-refractivity contribution in [2.24, 2.45) is 0 Å². The van der Waals surface area contributed by atoms with Gasteiger partial charge < -0.3 is 4.74 Å². The second kappa shape index (κ2) is 13.2. The molecule has 3 nitrogen and oxygen atoms in total. The molecule has 86 valence electrons. The molecule has 0 aromatic rings. The SMILES string of the molecule is CCNOCCOCCCCCCCl. The molecule has 0 aromatic carbocycles. The van der Waals surface area contributed by atoms with Crippen LogP contribution in [-0.2, 0) is 9.57 Å². The lowest BCUT2D eigenvalue weighted by atomic mass is 10.2. The van der Waals surface area contributed by atoms with Crippen LogP contribution >= 0.6 is 11.6 Å². The first kappa shape index (κ1) is 14.2. The molecule has 0 rings (SSSR count). The summed E-state index contributed by atoms with van der Waals surface area (Å²) in [6, 6.07) is 0. The summed E-state index contributed by atoms with van der Waals surface area (Å²) in [6.45, 7) is 4.95. The molecule has 14 heavy (non-hydrogen) atoms. The van der Waals surface area contributed by atoms with Gasteiger partial charge in [0.2, 0.25) is 0 Å². The highest BCUT2D eigenvalue weighted by atomic mass is 35.5. The van der Waals surface area contributed by atoms with Gasteiger partial charge in [0, 0.05) is 19.0 Å². The summed E-state index contributed by atoms with van der Waals surface area (Å²) in [5.74, 6) is 0.775. The summed E-state index contributed by atoms with van der Waals surface area (Å²) in [7, 11) is 0. The molecule has 0 aliphatic rings. The summed E-state index contributed by atoms with van der Waals surface area (Å²) < 4.78 is 5.36. The van der Waals surface area contributed by atoms with Crippen LogP contribution in [0, 0.1) is 0 Å². The normalized spacial score (nSPS) is 10.7. The van der Waals surface area contributed by atoms with Crippen LogP contribution in [0.15, 0.2) is 0 Å². The molecule has 0 unspecified atom stereocenters. The van der Waals surface area contributed by atoms with E-state index in [0.717, 1.165) is 31.9 Å². The molecule has 0 heterocycles. The van der Waals surface area contributed by atoms with Crippen LogP contribution in [0.4, 0.5) is 0 Å². The number of rotatable bonds is 11. The Bertz CT molecular complexity index is 92.1. The average molecular weight is 224 g/mol. The van der Waals surface area contributed by atoms with Crippen LogP contribution in [-0.4, -0.2) is 32.2 Å². The highest BCUT2D eigenvalue weighted by molar-refractivity contribution is 6.17. The zero-order valence-electron chi connectivity index (χ0n) is 9.06. The molecule has 0 bridgehead atoms. The summed E-state index contributed by atoms with van der Waals surface area (Å²) in [6.07, 6.45) is 4.66. The zero-order valence-corrected chi connectivity index (χ0v) is 9.81. The van der Waals surface area contributed by atoms with Crippen molar-refractivity contribution < 1.29 is 9.57 Å². The van der Waals surface area contributed by atoms with Crippen LogP contribution in [0.3, 0.4) is 0 Å². The Balaban J connectivity index is 2.78. The van der Waals surface area contributed by atoms with Crippen molar-refractivity contribution in [3.63, 3.8) is 0 Å². The Labute approximate surface area is 92.1 Å². The summed E-state index contributed by atoms with van der Waals surface area (Å²) in [5, 5.41) is 0. The van der Waals surface area contributed by atoms with Gasteiger partial charge in [0.25, 0.3) is 0 Å². The van der Waals surface area contributed by atoms with Crippen LogP contribution in [0.5, 0.6) is 0 Å². The molecule has 0 radical (unpaired) electrons. The van der Waals surface area contributed by atoms with Gasteiger partial charge in [-0.1, -0.05) is 19.8 Å². The lowest BCUT2D eigenvalue weighted by Crippen LogP contribution is -2.17. The number of hydrogen-bond donors (Lipinski definition) is 1. The molecule has 0 fully saturated rings. The van der Waals surface area contributed by atoms with Crippen molar-refractivity contribution in [3.05, 3.63) is 0 Å². The second-order valence-corrected chi connectivity index (χ2v) is 3.44. The van der Waals surface area contributed by atoms with Gasteiger partial charge in [0.1, 0.15) is 0 Å². The molecule has 1 N–H and O–H groups in total. The third-order valence-corrected chi connectivity index (χ3v) is 2.02. The lowest BCUT2D eigenvalue weighted by Gasteiger charge is -2.04. The van der Waals surface area contributed by atoms with Gasteiger partial charge in [-0.2, -0.15) is 0 Å². The van der Waals surface area contributed by atoms with Gasteiger partial charge in [-0.15, -0.1) is 11.6 Å². The molecule has 0 aliphatic heterocycles. The molecular formula is C10H22ClNO2. The summed E-state index contributed by atoms with van der Waals surface area (Å²) in [5.41, 5.74) is 2.77. The number of hydroxylamine groups is 1. The minimum absolute atomic E-state index is 0.621. The fourth-order valence-corrected chi connectivity index (χ4v) is 1.22. The molecule has 0 atom stereocenters. The van der Waals surface area contributed by atoms with Crippen molar-refractivity contribution >= 4 is 11.6 Å². The highest BCUT2D eigenvalue weighted by Gasteiger charge is 1.91. The topological polar surface area (TPSA) is 30.5 Å². The van der Waals surface area contributed by atoms with Crippen LogP contribution in [0.1, 0.15) is 32.6 Å². The van der Waals surface area contributed by atoms with Gasteiger partial charge in [-0.25, -0.2) is 5.48 Å². The fraction of sp³-hybridized carbons (Fsp3) is 1.00. The number of halogens is 1. The average Bonchev–Trinajstić information content (AvgIpc) is 2.21. The molecule has 0 spiro atoms. The number of nitrogens with one attached hydrogen (secondary N) is 1. The molecule has 0 aromatic heterocycles. The van der Waals surface area contributed by atoms with Gasteiger partial charge in [0.05, 0.1) is 13.2 Å². The fourth-order valence-electron chi connectivity index (χ4n) is 1.03. The van der Waals surface area contributed by atoms with Crippen molar-refractivity contribution in [1.82, 2.24) is 5.48 Å². The number of ether oxygens (including phenoxy) is 1. The van der Waals surface area contributed by atoms with Crippen molar-refractivity contribution in [2.75, 3.05) is 32.2 Å². The molecule has 0 amide bonds. The van der Waals surface area contributed by atoms with Crippen LogP contribution in [0.25, 0.3) is 0 Å². The maximum Gasteiger partial charge on any atom is 0.0916 e. The van der Waals surface area contributed by atoms with E-state index in [4.69, 9.17) is 21.2 Å². The lowest BCUT2D eigenvalue weighted by molar-refractivity contribution is -0.00309. The molecule has 4 heteroatoms. The van der Waals surface area contributed by atoms with E-state index < -0.39 is 0 Å². The molecule has 0 saturated carbocycles. The quantitative estimate of drug-likeness (QED) is 0.331. The first-order valence-electron chi connectivity index (χ1n) is 5.40. The number of hydrogen-bond acceptors (Lipinski definition) is 3. The standard InChI is InChI=1S/C10H22ClNO2/c1-2-12-14-10-9-13-8-6-4-3-5-7-11/h12H,2-10H2,1H3. The zero-order chi connectivity index (χ0) is 10.5. The first-order valence-corrected chi connectivity index (χ1v) is 5.93. The van der Waals surface area contributed by atoms with Gasteiger partial charge >= 0.3 is 0 Å². The van der Waals surface area contributed by atoms with Crippen molar-refractivity contribution in [3.8, 4) is 0 Å². The Morgan fingerprint density at radius 1 is 1.00 bits per heavy atom. The predicted octanol–water partition coefficient (Wildman–Crippen LogP) is 2.34.